The van der Waals surface area contributed by atoms with E-state index in [-0.39, 0.29) is 24.3 Å². The summed E-state index contributed by atoms with van der Waals surface area (Å²) >= 11 is 0. The number of ketones is 1. The van der Waals surface area contributed by atoms with Gasteiger partial charge in [-0.15, -0.1) is 0 Å². The van der Waals surface area contributed by atoms with Gasteiger partial charge in [-0.25, -0.2) is 4.79 Å². The molecule has 0 radical (unpaired) electrons. The van der Waals surface area contributed by atoms with Crippen LogP contribution in [-0.4, -0.2) is 23.3 Å². The average Bonchev–Trinajstić information content (AvgIpc) is 2.74. The molecule has 4 rings (SSSR count). The minimum Gasteiger partial charge on any atom is -0.463 e. The second-order valence-electron chi connectivity index (χ2n) is 7.43. The predicted molar refractivity (Wildman–Crippen MR) is 110 cm³/mol. The Morgan fingerprint density at radius 2 is 1.83 bits per heavy atom. The third-order valence-corrected chi connectivity index (χ3v) is 5.63. The van der Waals surface area contributed by atoms with Crippen LogP contribution in [0.15, 0.2) is 77.4 Å². The quantitative estimate of drug-likeness (QED) is 0.802. The molecule has 0 fully saturated rings. The molecule has 2 aromatic rings. The number of nitrogens with zero attached hydrogens (tertiary/aromatic N) is 1. The number of aromatic nitrogens is 1. The van der Waals surface area contributed by atoms with E-state index in [0.29, 0.717) is 17.6 Å². The second-order valence-corrected chi connectivity index (χ2v) is 7.43. The summed E-state index contributed by atoms with van der Waals surface area (Å²) in [6.07, 6.45) is 4.55. The maximum Gasteiger partial charge on any atom is 0.336 e. The van der Waals surface area contributed by atoms with Gasteiger partial charge in [0.2, 0.25) is 0 Å². The van der Waals surface area contributed by atoms with E-state index < -0.39 is 5.92 Å². The number of benzene rings is 1. The van der Waals surface area contributed by atoms with Gasteiger partial charge in [-0.05, 0) is 49.4 Å². The highest BCUT2D eigenvalue weighted by Gasteiger charge is 2.41. The van der Waals surface area contributed by atoms with Gasteiger partial charge in [-0.3, -0.25) is 9.78 Å². The number of dihydropyridines is 1. The minimum absolute atomic E-state index is 0.0729. The van der Waals surface area contributed by atoms with Gasteiger partial charge < -0.3 is 10.1 Å². The molecular formula is C24H24N2O3. The highest BCUT2D eigenvalue weighted by atomic mass is 16.5. The van der Waals surface area contributed by atoms with Crippen LogP contribution in [0, 0.1) is 0 Å². The molecule has 5 nitrogen and oxygen atoms in total. The number of ether oxygens (including phenoxy) is 1. The number of rotatable bonds is 4. The van der Waals surface area contributed by atoms with Gasteiger partial charge >= 0.3 is 5.97 Å². The Balaban J connectivity index is 1.79. The number of esters is 1. The van der Waals surface area contributed by atoms with Crippen LogP contribution < -0.4 is 5.32 Å². The number of hydrogen-bond acceptors (Lipinski definition) is 5. The summed E-state index contributed by atoms with van der Waals surface area (Å²) in [6.45, 7) is 3.95. The van der Waals surface area contributed by atoms with Crippen molar-refractivity contribution in [1.82, 2.24) is 10.3 Å². The van der Waals surface area contributed by atoms with E-state index in [1.807, 2.05) is 37.3 Å². The van der Waals surface area contributed by atoms with Crippen molar-refractivity contribution in [2.75, 3.05) is 6.61 Å². The molecule has 5 heteroatoms. The summed E-state index contributed by atoms with van der Waals surface area (Å²) in [5.74, 6) is -0.616. The SMILES string of the molecule is CCOC(=O)C1=C(C)NC2=C(C(=O)C[C@@H](c3ccccc3)C2)[C@H]1c1ccncc1. The first-order chi connectivity index (χ1) is 14.1. The van der Waals surface area contributed by atoms with Crippen LogP contribution in [-0.2, 0) is 14.3 Å². The van der Waals surface area contributed by atoms with Crippen molar-refractivity contribution < 1.29 is 14.3 Å². The van der Waals surface area contributed by atoms with Crippen LogP contribution >= 0.6 is 0 Å². The monoisotopic (exact) mass is 388 g/mol. The average molecular weight is 388 g/mol. The van der Waals surface area contributed by atoms with Gasteiger partial charge in [0.1, 0.15) is 0 Å². The van der Waals surface area contributed by atoms with Crippen LogP contribution in [0.4, 0.5) is 0 Å². The maximum atomic E-state index is 13.3. The van der Waals surface area contributed by atoms with Crippen LogP contribution in [0.5, 0.6) is 0 Å². The molecule has 2 heterocycles. The Hall–Kier alpha value is -3.21. The first kappa shape index (κ1) is 19.1. The molecule has 0 bridgehead atoms. The fourth-order valence-electron chi connectivity index (χ4n) is 4.37. The molecule has 1 aromatic heterocycles. The molecule has 1 N–H and O–H groups in total. The molecule has 0 saturated carbocycles. The normalized spacial score (nSPS) is 21.5. The molecule has 2 aliphatic rings. The van der Waals surface area contributed by atoms with E-state index in [2.05, 4.69) is 22.4 Å². The lowest BCUT2D eigenvalue weighted by Gasteiger charge is -2.36. The predicted octanol–water partition coefficient (Wildman–Crippen LogP) is 4.01. The van der Waals surface area contributed by atoms with E-state index in [0.717, 1.165) is 28.9 Å². The fraction of sp³-hybridized carbons (Fsp3) is 0.292. The summed E-state index contributed by atoms with van der Waals surface area (Å²) < 4.78 is 5.32. The molecule has 0 saturated heterocycles. The summed E-state index contributed by atoms with van der Waals surface area (Å²) in [5.41, 5.74) is 4.86. The van der Waals surface area contributed by atoms with Crippen molar-refractivity contribution in [1.29, 1.82) is 0 Å². The Kier molecular flexibility index (Phi) is 5.30. The number of pyridine rings is 1. The summed E-state index contributed by atoms with van der Waals surface area (Å²) in [6, 6.07) is 13.9. The van der Waals surface area contributed by atoms with E-state index in [4.69, 9.17) is 4.74 Å². The van der Waals surface area contributed by atoms with Crippen LogP contribution in [0.3, 0.4) is 0 Å². The van der Waals surface area contributed by atoms with Crippen molar-refractivity contribution in [3.63, 3.8) is 0 Å². The third-order valence-electron chi connectivity index (χ3n) is 5.63. The minimum atomic E-state index is -0.433. The van der Waals surface area contributed by atoms with E-state index in [1.54, 1.807) is 19.3 Å². The topological polar surface area (TPSA) is 68.3 Å². The molecule has 1 aromatic carbocycles. The molecule has 0 amide bonds. The van der Waals surface area contributed by atoms with Gasteiger partial charge in [-0.2, -0.15) is 0 Å². The number of carbonyl (C=O) groups is 2. The van der Waals surface area contributed by atoms with Gasteiger partial charge in [0, 0.05) is 41.7 Å². The Labute approximate surface area is 170 Å². The molecule has 1 aliphatic carbocycles. The van der Waals surface area contributed by atoms with Crippen molar-refractivity contribution in [2.24, 2.45) is 0 Å². The van der Waals surface area contributed by atoms with Crippen LogP contribution in [0.25, 0.3) is 0 Å². The number of Topliss-reactive ketones (excluding diaryl/α,β-unsaturated/α-hetero) is 1. The largest absolute Gasteiger partial charge is 0.463 e. The zero-order chi connectivity index (χ0) is 20.4. The number of nitrogens with one attached hydrogen (secondary N) is 1. The van der Waals surface area contributed by atoms with Crippen molar-refractivity contribution in [2.45, 2.75) is 38.5 Å². The van der Waals surface area contributed by atoms with Crippen molar-refractivity contribution in [3.8, 4) is 0 Å². The Morgan fingerprint density at radius 3 is 2.52 bits per heavy atom. The van der Waals surface area contributed by atoms with Crippen LogP contribution in [0.2, 0.25) is 0 Å². The number of hydrogen-bond donors (Lipinski definition) is 1. The summed E-state index contributed by atoms with van der Waals surface area (Å²) in [4.78, 5) is 30.2. The lowest BCUT2D eigenvalue weighted by Crippen LogP contribution is -2.36. The summed E-state index contributed by atoms with van der Waals surface area (Å²) in [5, 5.41) is 3.36. The van der Waals surface area contributed by atoms with Crippen LogP contribution in [0.1, 0.15) is 49.7 Å². The summed E-state index contributed by atoms with van der Waals surface area (Å²) in [7, 11) is 0. The maximum absolute atomic E-state index is 13.3. The number of carbonyl (C=O) groups excluding carboxylic acids is 2. The van der Waals surface area contributed by atoms with Crippen molar-refractivity contribution >= 4 is 11.8 Å². The molecule has 0 spiro atoms. The van der Waals surface area contributed by atoms with E-state index >= 15 is 0 Å². The Bertz CT molecular complexity index is 993. The van der Waals surface area contributed by atoms with Gasteiger partial charge in [0.05, 0.1) is 12.2 Å². The highest BCUT2D eigenvalue weighted by molar-refractivity contribution is 6.04. The smallest absolute Gasteiger partial charge is 0.336 e. The zero-order valence-electron chi connectivity index (χ0n) is 16.6. The molecule has 2 atom stereocenters. The zero-order valence-corrected chi connectivity index (χ0v) is 16.6. The molecule has 148 valence electrons. The number of allylic oxidation sites excluding steroid dienone is 3. The molecule has 29 heavy (non-hydrogen) atoms. The van der Waals surface area contributed by atoms with E-state index in [9.17, 15) is 9.59 Å². The molecular weight excluding hydrogens is 364 g/mol. The highest BCUT2D eigenvalue weighted by Crippen LogP contribution is 2.45. The first-order valence-electron chi connectivity index (χ1n) is 9.96. The standard InChI is InChI=1S/C24H24N2O3/c1-3-29-24(28)21-15(2)26-19-13-18(16-7-5-4-6-8-16)14-20(27)23(19)22(21)17-9-11-25-12-10-17/h4-12,18,22,26H,3,13-14H2,1-2H3/t18-,22-/m0/s1. The van der Waals surface area contributed by atoms with Crippen molar-refractivity contribution in [3.05, 3.63) is 88.5 Å². The lowest BCUT2D eigenvalue weighted by atomic mass is 9.72. The lowest BCUT2D eigenvalue weighted by molar-refractivity contribution is -0.138. The first-order valence-corrected chi connectivity index (χ1v) is 9.96. The van der Waals surface area contributed by atoms with Gasteiger partial charge in [-0.1, -0.05) is 30.3 Å². The van der Waals surface area contributed by atoms with Gasteiger partial charge in [0.25, 0.3) is 0 Å². The molecule has 0 unspecified atom stereocenters. The second kappa shape index (κ2) is 8.03. The Morgan fingerprint density at radius 1 is 1.10 bits per heavy atom. The van der Waals surface area contributed by atoms with Gasteiger partial charge in [0.15, 0.2) is 5.78 Å². The molecule has 1 aliphatic heterocycles. The fourth-order valence-corrected chi connectivity index (χ4v) is 4.37. The third kappa shape index (κ3) is 3.60. The van der Waals surface area contributed by atoms with E-state index in [1.165, 1.54) is 0 Å².